The predicted octanol–water partition coefficient (Wildman–Crippen LogP) is 0.716. The molecule has 17 heavy (non-hydrogen) atoms. The molecule has 8 heteroatoms. The second-order valence-electron chi connectivity index (χ2n) is 3.70. The van der Waals surface area contributed by atoms with Gasteiger partial charge in [-0.1, -0.05) is 0 Å². The number of aliphatic hydroxyl groups excluding tert-OH is 1. The minimum atomic E-state index is -4.29. The van der Waals surface area contributed by atoms with Crippen LogP contribution in [0.5, 0.6) is 0 Å². The third kappa shape index (κ3) is 11.9. The molecule has 0 aromatic heterocycles. The van der Waals surface area contributed by atoms with Crippen molar-refractivity contribution in [2.45, 2.75) is 25.4 Å². The Morgan fingerprint density at radius 2 is 1.65 bits per heavy atom. The highest BCUT2D eigenvalue weighted by atomic mass is 32.2. The van der Waals surface area contributed by atoms with Crippen LogP contribution in [0.1, 0.15) is 19.3 Å². The summed E-state index contributed by atoms with van der Waals surface area (Å²) in [7, 11) is -3.39. The monoisotopic (exact) mass is 277 g/mol. The average Bonchev–Trinajstić information content (AvgIpc) is 2.14. The van der Waals surface area contributed by atoms with Gasteiger partial charge in [0.2, 0.25) is 0 Å². The van der Waals surface area contributed by atoms with Gasteiger partial charge in [-0.15, -0.1) is 0 Å². The molecule has 0 heterocycles. The van der Waals surface area contributed by atoms with Crippen LogP contribution in [0.25, 0.3) is 0 Å². The minimum Gasteiger partial charge on any atom is -0.395 e. The lowest BCUT2D eigenvalue weighted by Gasteiger charge is -2.07. The van der Waals surface area contributed by atoms with Crippen LogP contribution in [0.2, 0.25) is 0 Å². The molecule has 104 valence electrons. The molecule has 0 aromatic carbocycles. The number of rotatable bonds is 9. The lowest BCUT2D eigenvalue weighted by Crippen LogP contribution is -2.22. The van der Waals surface area contributed by atoms with Crippen LogP contribution in [-0.2, 0) is 9.84 Å². The van der Waals surface area contributed by atoms with Gasteiger partial charge in [-0.05, 0) is 19.4 Å². The van der Waals surface area contributed by atoms with Crippen LogP contribution in [0, 0.1) is 0 Å². The zero-order valence-electron chi connectivity index (χ0n) is 9.46. The van der Waals surface area contributed by atoms with E-state index < -0.39 is 28.2 Å². The van der Waals surface area contributed by atoms with Crippen LogP contribution >= 0.6 is 0 Å². The standard InChI is InChI=1S/C9H18F3NO3S/c10-9(11,12)3-1-7-17(15,16)8-2-4-13-5-6-14/h13-14H,1-8H2. The molecule has 0 aliphatic carbocycles. The normalized spacial score (nSPS) is 12.9. The molecule has 2 N–H and O–H groups in total. The Bertz CT molecular complexity index is 290. The summed E-state index contributed by atoms with van der Waals surface area (Å²) in [6.45, 7) is 0.783. The molecular formula is C9H18F3NO3S. The Morgan fingerprint density at radius 3 is 2.18 bits per heavy atom. The fourth-order valence-electron chi connectivity index (χ4n) is 1.22. The van der Waals surface area contributed by atoms with E-state index >= 15 is 0 Å². The Hall–Kier alpha value is -0.340. The zero-order chi connectivity index (χ0) is 13.4. The summed E-state index contributed by atoms with van der Waals surface area (Å²) < 4.78 is 58.0. The fraction of sp³-hybridized carbons (Fsp3) is 1.00. The van der Waals surface area contributed by atoms with Gasteiger partial charge in [-0.3, -0.25) is 0 Å². The van der Waals surface area contributed by atoms with E-state index in [1.54, 1.807) is 0 Å². The zero-order valence-corrected chi connectivity index (χ0v) is 10.3. The van der Waals surface area contributed by atoms with Crippen LogP contribution in [0.15, 0.2) is 0 Å². The van der Waals surface area contributed by atoms with Crippen molar-refractivity contribution < 1.29 is 26.7 Å². The summed E-state index contributed by atoms with van der Waals surface area (Å²) in [5.74, 6) is -0.546. The first kappa shape index (κ1) is 16.7. The summed E-state index contributed by atoms with van der Waals surface area (Å²) >= 11 is 0. The molecule has 4 nitrogen and oxygen atoms in total. The first-order valence-electron chi connectivity index (χ1n) is 5.35. The SMILES string of the molecule is O=S(=O)(CCCNCCO)CCCC(F)(F)F. The van der Waals surface area contributed by atoms with E-state index in [0.717, 1.165) is 0 Å². The van der Waals surface area contributed by atoms with Crippen molar-refractivity contribution in [3.05, 3.63) is 0 Å². The summed E-state index contributed by atoms with van der Waals surface area (Å²) in [4.78, 5) is 0. The third-order valence-corrected chi connectivity index (χ3v) is 3.83. The van der Waals surface area contributed by atoms with Crippen molar-refractivity contribution in [2.24, 2.45) is 0 Å². The Kier molecular flexibility index (Phi) is 7.73. The number of halogens is 3. The molecule has 0 aliphatic rings. The van der Waals surface area contributed by atoms with Crippen molar-refractivity contribution >= 4 is 9.84 Å². The van der Waals surface area contributed by atoms with Crippen molar-refractivity contribution in [1.82, 2.24) is 5.32 Å². The highest BCUT2D eigenvalue weighted by Gasteiger charge is 2.27. The molecule has 0 rings (SSSR count). The van der Waals surface area contributed by atoms with Crippen molar-refractivity contribution in [3.63, 3.8) is 0 Å². The van der Waals surface area contributed by atoms with Crippen molar-refractivity contribution in [2.75, 3.05) is 31.2 Å². The maximum absolute atomic E-state index is 11.8. The van der Waals surface area contributed by atoms with E-state index in [0.29, 0.717) is 19.5 Å². The first-order valence-corrected chi connectivity index (χ1v) is 7.18. The molecular weight excluding hydrogens is 259 g/mol. The van der Waals surface area contributed by atoms with Gasteiger partial charge in [0, 0.05) is 13.0 Å². The highest BCUT2D eigenvalue weighted by Crippen LogP contribution is 2.21. The van der Waals surface area contributed by atoms with Gasteiger partial charge in [0.05, 0.1) is 18.1 Å². The lowest BCUT2D eigenvalue weighted by molar-refractivity contribution is -0.134. The molecule has 0 bridgehead atoms. The molecule has 0 aromatic rings. The van der Waals surface area contributed by atoms with E-state index in [1.165, 1.54) is 0 Å². The number of alkyl halides is 3. The van der Waals surface area contributed by atoms with Crippen LogP contribution < -0.4 is 5.32 Å². The largest absolute Gasteiger partial charge is 0.395 e. The Morgan fingerprint density at radius 1 is 1.06 bits per heavy atom. The van der Waals surface area contributed by atoms with E-state index in [4.69, 9.17) is 5.11 Å². The highest BCUT2D eigenvalue weighted by molar-refractivity contribution is 7.91. The van der Waals surface area contributed by atoms with Crippen LogP contribution in [0.3, 0.4) is 0 Å². The van der Waals surface area contributed by atoms with Gasteiger partial charge >= 0.3 is 6.18 Å². The van der Waals surface area contributed by atoms with Gasteiger partial charge in [0.15, 0.2) is 0 Å². The number of sulfone groups is 1. The Labute approximate surface area is 99.1 Å². The topological polar surface area (TPSA) is 66.4 Å². The van der Waals surface area contributed by atoms with E-state index in [-0.39, 0.29) is 18.8 Å². The second-order valence-corrected chi connectivity index (χ2v) is 6.00. The Balaban J connectivity index is 3.67. The maximum atomic E-state index is 11.8. The molecule has 0 aliphatic heterocycles. The summed E-state index contributed by atoms with van der Waals surface area (Å²) in [6, 6.07) is 0. The first-order chi connectivity index (χ1) is 7.77. The van der Waals surface area contributed by atoms with Gasteiger partial charge in [-0.25, -0.2) is 8.42 Å². The van der Waals surface area contributed by atoms with Crippen LogP contribution in [-0.4, -0.2) is 50.9 Å². The summed E-state index contributed by atoms with van der Waals surface area (Å²) in [5, 5.41) is 11.2. The molecule has 0 radical (unpaired) electrons. The van der Waals surface area contributed by atoms with Crippen LogP contribution in [0.4, 0.5) is 13.2 Å². The molecule has 0 atom stereocenters. The average molecular weight is 277 g/mol. The minimum absolute atomic E-state index is 0.0294. The van der Waals surface area contributed by atoms with Gasteiger partial charge in [0.1, 0.15) is 9.84 Å². The maximum Gasteiger partial charge on any atom is 0.389 e. The van der Waals surface area contributed by atoms with Gasteiger partial charge < -0.3 is 10.4 Å². The van der Waals surface area contributed by atoms with E-state index in [2.05, 4.69) is 5.32 Å². The van der Waals surface area contributed by atoms with Crippen molar-refractivity contribution in [3.8, 4) is 0 Å². The molecule has 0 spiro atoms. The third-order valence-electron chi connectivity index (χ3n) is 2.01. The van der Waals surface area contributed by atoms with E-state index in [1.807, 2.05) is 0 Å². The van der Waals surface area contributed by atoms with Crippen molar-refractivity contribution in [1.29, 1.82) is 0 Å². The second kappa shape index (κ2) is 7.88. The molecule has 0 fully saturated rings. The summed E-state index contributed by atoms with van der Waals surface area (Å²) in [5.41, 5.74) is 0. The fourth-order valence-corrected chi connectivity index (χ4v) is 2.59. The molecule has 0 amide bonds. The lowest BCUT2D eigenvalue weighted by atomic mass is 10.3. The smallest absolute Gasteiger partial charge is 0.389 e. The predicted molar refractivity (Wildman–Crippen MR) is 58.5 cm³/mol. The number of aliphatic hydroxyl groups is 1. The van der Waals surface area contributed by atoms with Gasteiger partial charge in [0.25, 0.3) is 0 Å². The molecule has 0 saturated heterocycles. The molecule has 0 saturated carbocycles. The van der Waals surface area contributed by atoms with E-state index in [9.17, 15) is 21.6 Å². The number of hydrogen-bond acceptors (Lipinski definition) is 4. The number of hydrogen-bond donors (Lipinski definition) is 2. The quantitative estimate of drug-likeness (QED) is 0.609. The van der Waals surface area contributed by atoms with Gasteiger partial charge in [-0.2, -0.15) is 13.2 Å². The summed E-state index contributed by atoms with van der Waals surface area (Å²) in [6.07, 6.45) is -5.39. The number of nitrogens with one attached hydrogen (secondary N) is 1. The molecule has 0 unspecified atom stereocenters.